The number of nitrogens with zero attached hydrogens (tertiary/aromatic N) is 1. The molecule has 25 heavy (non-hydrogen) atoms. The number of ether oxygens (including phenoxy) is 1. The average molecular weight is 376 g/mol. The molecular formula is C18H11Cl2NO4. The molecule has 1 aromatic heterocycles. The molecule has 0 aliphatic carbocycles. The number of rotatable bonds is 4. The average Bonchev–Trinajstić information content (AvgIpc) is 2.96. The van der Waals surface area contributed by atoms with Gasteiger partial charge in [-0.2, -0.15) is 0 Å². The molecule has 0 saturated heterocycles. The lowest BCUT2D eigenvalue weighted by atomic mass is 10.1. The molecule has 0 aliphatic heterocycles. The zero-order valence-corrected chi connectivity index (χ0v) is 14.5. The first-order valence-electron chi connectivity index (χ1n) is 7.19. The Kier molecular flexibility index (Phi) is 4.88. The Hall–Kier alpha value is -2.63. The molecule has 0 atom stereocenters. The minimum atomic E-state index is -0.687. The molecular weight excluding hydrogens is 365 g/mol. The highest BCUT2D eigenvalue weighted by atomic mass is 35.5. The third-order valence-corrected chi connectivity index (χ3v) is 4.10. The van der Waals surface area contributed by atoms with E-state index in [1.165, 1.54) is 6.07 Å². The highest BCUT2D eigenvalue weighted by Gasteiger charge is 2.26. The van der Waals surface area contributed by atoms with Crippen LogP contribution in [0.5, 0.6) is 5.75 Å². The van der Waals surface area contributed by atoms with Crippen molar-refractivity contribution >= 4 is 35.5 Å². The van der Waals surface area contributed by atoms with Crippen molar-refractivity contribution in [1.82, 2.24) is 5.16 Å². The van der Waals surface area contributed by atoms with Gasteiger partial charge in [0, 0.05) is 11.1 Å². The van der Waals surface area contributed by atoms with Crippen molar-refractivity contribution in [1.29, 1.82) is 0 Å². The van der Waals surface area contributed by atoms with Crippen LogP contribution in [-0.2, 0) is 0 Å². The first-order valence-corrected chi connectivity index (χ1v) is 7.95. The summed E-state index contributed by atoms with van der Waals surface area (Å²) >= 11 is 12.4. The molecule has 5 nitrogen and oxygen atoms in total. The Balaban J connectivity index is 2.02. The summed E-state index contributed by atoms with van der Waals surface area (Å²) in [6.07, 6.45) is 0.664. The van der Waals surface area contributed by atoms with Crippen molar-refractivity contribution < 1.29 is 18.8 Å². The number of carbonyl (C=O) groups is 2. The maximum atomic E-state index is 12.6. The molecule has 0 spiro atoms. The van der Waals surface area contributed by atoms with Crippen LogP contribution in [0.15, 0.2) is 47.0 Å². The molecule has 0 aliphatic rings. The van der Waals surface area contributed by atoms with Crippen molar-refractivity contribution in [3.05, 3.63) is 69.4 Å². The molecule has 0 amide bonds. The maximum Gasteiger partial charge on any atom is 0.349 e. The summed E-state index contributed by atoms with van der Waals surface area (Å²) in [5, 5.41) is 4.57. The van der Waals surface area contributed by atoms with E-state index in [4.69, 9.17) is 32.5 Å². The van der Waals surface area contributed by atoms with E-state index in [9.17, 15) is 9.59 Å². The van der Waals surface area contributed by atoms with Crippen LogP contribution in [0.1, 0.15) is 26.5 Å². The van der Waals surface area contributed by atoms with Crippen molar-refractivity contribution in [2.24, 2.45) is 0 Å². The van der Waals surface area contributed by atoms with Crippen LogP contribution in [0, 0.1) is 6.92 Å². The van der Waals surface area contributed by atoms with Gasteiger partial charge in [-0.3, -0.25) is 4.79 Å². The highest BCUT2D eigenvalue weighted by molar-refractivity contribution is 6.39. The number of halogens is 2. The van der Waals surface area contributed by atoms with E-state index in [1.807, 2.05) is 0 Å². The van der Waals surface area contributed by atoms with Gasteiger partial charge in [0.05, 0.1) is 10.0 Å². The van der Waals surface area contributed by atoms with Gasteiger partial charge in [0.25, 0.3) is 0 Å². The summed E-state index contributed by atoms with van der Waals surface area (Å²) < 4.78 is 10.5. The second kappa shape index (κ2) is 7.09. The predicted molar refractivity (Wildman–Crippen MR) is 93.5 cm³/mol. The molecule has 0 bridgehead atoms. The zero-order chi connectivity index (χ0) is 18.0. The van der Waals surface area contributed by atoms with Crippen LogP contribution in [0.25, 0.3) is 11.3 Å². The highest BCUT2D eigenvalue weighted by Crippen LogP contribution is 2.37. The molecule has 0 N–H and O–H groups in total. The Morgan fingerprint density at radius 1 is 1.16 bits per heavy atom. The molecule has 2 aromatic carbocycles. The number of hydrogen-bond acceptors (Lipinski definition) is 5. The van der Waals surface area contributed by atoms with E-state index in [0.717, 1.165) is 0 Å². The molecule has 1 heterocycles. The van der Waals surface area contributed by atoms with Crippen LogP contribution < -0.4 is 4.74 Å². The summed E-state index contributed by atoms with van der Waals surface area (Å²) in [7, 11) is 0. The van der Waals surface area contributed by atoms with Crippen molar-refractivity contribution in [2.75, 3.05) is 0 Å². The van der Waals surface area contributed by atoms with Gasteiger partial charge in [-0.15, -0.1) is 0 Å². The normalized spacial score (nSPS) is 10.5. The number of esters is 1. The third kappa shape index (κ3) is 3.43. The minimum Gasteiger partial charge on any atom is -0.423 e. The van der Waals surface area contributed by atoms with Gasteiger partial charge < -0.3 is 9.26 Å². The monoisotopic (exact) mass is 375 g/mol. The fraction of sp³-hybridized carbons (Fsp3) is 0.0556. The fourth-order valence-corrected chi connectivity index (χ4v) is 2.89. The second-order valence-electron chi connectivity index (χ2n) is 5.14. The van der Waals surface area contributed by atoms with Gasteiger partial charge in [-0.05, 0) is 31.2 Å². The van der Waals surface area contributed by atoms with Crippen molar-refractivity contribution in [3.8, 4) is 17.0 Å². The number of carbonyl (C=O) groups excluding carboxylic acids is 2. The summed E-state index contributed by atoms with van der Waals surface area (Å²) in [6.45, 7) is 1.58. The smallest absolute Gasteiger partial charge is 0.349 e. The predicted octanol–water partition coefficient (Wildman–Crippen LogP) is 4.99. The van der Waals surface area contributed by atoms with Gasteiger partial charge >= 0.3 is 5.97 Å². The number of aryl methyl sites for hydroxylation is 1. The molecule has 126 valence electrons. The standard InChI is InChI=1S/C18H11Cl2NO4/c1-10-15(18(23)24-12-5-2-4-11(8-12)9-22)17(21-25-10)16-13(19)6-3-7-14(16)20/h2-9H,1H3. The van der Waals surface area contributed by atoms with E-state index < -0.39 is 5.97 Å². The quantitative estimate of drug-likeness (QED) is 0.365. The molecule has 3 aromatic rings. The van der Waals surface area contributed by atoms with Crippen LogP contribution in [-0.4, -0.2) is 17.4 Å². The van der Waals surface area contributed by atoms with E-state index in [0.29, 0.717) is 27.5 Å². The summed E-state index contributed by atoms with van der Waals surface area (Å²) in [6, 6.07) is 11.2. The Labute approximate surface area is 153 Å². The Morgan fingerprint density at radius 3 is 2.52 bits per heavy atom. The molecule has 0 unspecified atom stereocenters. The largest absolute Gasteiger partial charge is 0.423 e. The summed E-state index contributed by atoms with van der Waals surface area (Å²) in [5.41, 5.74) is 1.09. The van der Waals surface area contributed by atoms with E-state index in [-0.39, 0.29) is 22.8 Å². The van der Waals surface area contributed by atoms with Crippen LogP contribution in [0.3, 0.4) is 0 Å². The minimum absolute atomic E-state index is 0.117. The van der Waals surface area contributed by atoms with Crippen LogP contribution in [0.4, 0.5) is 0 Å². The zero-order valence-electron chi connectivity index (χ0n) is 13.0. The first kappa shape index (κ1) is 17.2. The van der Waals surface area contributed by atoms with Gasteiger partial charge in [-0.25, -0.2) is 4.79 Å². The van der Waals surface area contributed by atoms with Crippen LogP contribution >= 0.6 is 23.2 Å². The lowest BCUT2D eigenvalue weighted by molar-refractivity contribution is 0.0733. The van der Waals surface area contributed by atoms with Gasteiger partial charge in [-0.1, -0.05) is 46.6 Å². The topological polar surface area (TPSA) is 69.4 Å². The van der Waals surface area contributed by atoms with E-state index >= 15 is 0 Å². The number of aromatic nitrogens is 1. The van der Waals surface area contributed by atoms with Gasteiger partial charge in [0.15, 0.2) is 0 Å². The maximum absolute atomic E-state index is 12.6. The van der Waals surface area contributed by atoms with Gasteiger partial charge in [0.1, 0.15) is 29.1 Å². The number of aldehydes is 1. The molecule has 7 heteroatoms. The van der Waals surface area contributed by atoms with Crippen molar-refractivity contribution in [3.63, 3.8) is 0 Å². The Bertz CT molecular complexity index is 945. The third-order valence-electron chi connectivity index (χ3n) is 3.47. The second-order valence-corrected chi connectivity index (χ2v) is 5.95. The SMILES string of the molecule is Cc1onc(-c2c(Cl)cccc2Cl)c1C(=O)Oc1cccc(C=O)c1. The molecule has 0 radical (unpaired) electrons. The van der Waals surface area contributed by atoms with Gasteiger partial charge in [0.2, 0.25) is 0 Å². The van der Waals surface area contributed by atoms with Crippen molar-refractivity contribution in [2.45, 2.75) is 6.92 Å². The molecule has 0 saturated carbocycles. The number of hydrogen-bond donors (Lipinski definition) is 0. The first-order chi connectivity index (χ1) is 12.0. The Morgan fingerprint density at radius 2 is 1.84 bits per heavy atom. The lowest BCUT2D eigenvalue weighted by Crippen LogP contribution is -2.10. The van der Waals surface area contributed by atoms with E-state index in [2.05, 4.69) is 5.16 Å². The number of benzene rings is 2. The lowest BCUT2D eigenvalue weighted by Gasteiger charge is -2.07. The fourth-order valence-electron chi connectivity index (χ4n) is 2.32. The van der Waals surface area contributed by atoms with E-state index in [1.54, 1.807) is 43.3 Å². The molecule has 3 rings (SSSR count). The summed E-state index contributed by atoms with van der Waals surface area (Å²) in [4.78, 5) is 23.5. The summed E-state index contributed by atoms with van der Waals surface area (Å²) in [5.74, 6) is -0.193. The molecule has 0 fully saturated rings. The van der Waals surface area contributed by atoms with Crippen LogP contribution in [0.2, 0.25) is 10.0 Å².